The van der Waals surface area contributed by atoms with Gasteiger partial charge in [0.05, 0.1) is 18.1 Å². The lowest BCUT2D eigenvalue weighted by molar-refractivity contribution is -0.130. The number of ether oxygens (including phenoxy) is 1. The molecule has 0 unspecified atom stereocenters. The van der Waals surface area contributed by atoms with Crippen molar-refractivity contribution >= 4 is 15.9 Å². The summed E-state index contributed by atoms with van der Waals surface area (Å²) in [6.45, 7) is 9.09. The molecule has 1 aromatic carbocycles. The minimum absolute atomic E-state index is 0.0557. The van der Waals surface area contributed by atoms with E-state index in [0.717, 1.165) is 5.56 Å². The van der Waals surface area contributed by atoms with E-state index in [1.807, 2.05) is 17.0 Å². The standard InChI is InChI=1S/C20H30N2O4S/c1-16(2)18-4-6-19(7-5-18)27(24,25)22-10-8-20(9-11-22)14-21(17(3)23)12-13-26-15-20/h4-7,16H,8-15H2,1-3H3. The molecule has 2 aliphatic heterocycles. The normalized spacial score (nSPS) is 21.4. The summed E-state index contributed by atoms with van der Waals surface area (Å²) in [5.74, 6) is 0.427. The van der Waals surface area contributed by atoms with Gasteiger partial charge < -0.3 is 9.64 Å². The predicted molar refractivity (Wildman–Crippen MR) is 104 cm³/mol. The van der Waals surface area contributed by atoms with E-state index < -0.39 is 10.0 Å². The maximum Gasteiger partial charge on any atom is 0.243 e. The van der Waals surface area contributed by atoms with E-state index in [9.17, 15) is 13.2 Å². The highest BCUT2D eigenvalue weighted by molar-refractivity contribution is 7.89. The van der Waals surface area contributed by atoms with E-state index in [-0.39, 0.29) is 11.3 Å². The van der Waals surface area contributed by atoms with Crippen molar-refractivity contribution < 1.29 is 17.9 Å². The molecule has 0 saturated carbocycles. The van der Waals surface area contributed by atoms with E-state index in [0.29, 0.717) is 63.0 Å². The maximum atomic E-state index is 13.0. The van der Waals surface area contributed by atoms with Crippen LogP contribution >= 0.6 is 0 Å². The Morgan fingerprint density at radius 1 is 1.11 bits per heavy atom. The molecule has 0 atom stereocenters. The molecule has 0 aromatic heterocycles. The zero-order valence-corrected chi connectivity index (χ0v) is 17.3. The number of hydrogen-bond donors (Lipinski definition) is 0. The Morgan fingerprint density at radius 3 is 2.30 bits per heavy atom. The first-order valence-electron chi connectivity index (χ1n) is 9.67. The minimum Gasteiger partial charge on any atom is -0.379 e. The third kappa shape index (κ3) is 4.36. The highest BCUT2D eigenvalue weighted by Crippen LogP contribution is 2.36. The number of hydrogen-bond acceptors (Lipinski definition) is 4. The second kappa shape index (κ2) is 7.89. The average Bonchev–Trinajstić information content (AvgIpc) is 2.85. The Labute approximate surface area is 162 Å². The van der Waals surface area contributed by atoms with Gasteiger partial charge in [0.15, 0.2) is 0 Å². The number of amides is 1. The lowest BCUT2D eigenvalue weighted by Crippen LogP contribution is -2.49. The van der Waals surface area contributed by atoms with Gasteiger partial charge in [-0.05, 0) is 36.5 Å². The molecule has 1 spiro atoms. The molecule has 1 aromatic rings. The Hall–Kier alpha value is -1.44. The smallest absolute Gasteiger partial charge is 0.243 e. The van der Waals surface area contributed by atoms with Crippen molar-refractivity contribution in [3.8, 4) is 0 Å². The minimum atomic E-state index is -3.49. The predicted octanol–water partition coefficient (Wildman–Crippen LogP) is 2.46. The fourth-order valence-corrected chi connectivity index (χ4v) is 5.38. The first-order valence-corrected chi connectivity index (χ1v) is 11.1. The summed E-state index contributed by atoms with van der Waals surface area (Å²) in [6, 6.07) is 7.21. The van der Waals surface area contributed by atoms with E-state index >= 15 is 0 Å². The molecule has 3 rings (SSSR count). The van der Waals surface area contributed by atoms with Crippen LogP contribution < -0.4 is 0 Å². The summed E-state index contributed by atoms with van der Waals surface area (Å²) >= 11 is 0. The summed E-state index contributed by atoms with van der Waals surface area (Å²) in [6.07, 6.45) is 1.42. The molecule has 0 N–H and O–H groups in total. The van der Waals surface area contributed by atoms with Crippen LogP contribution in [-0.4, -0.2) is 62.9 Å². The fourth-order valence-electron chi connectivity index (χ4n) is 3.94. The Morgan fingerprint density at radius 2 is 1.74 bits per heavy atom. The van der Waals surface area contributed by atoms with E-state index in [2.05, 4.69) is 13.8 Å². The quantitative estimate of drug-likeness (QED) is 0.790. The van der Waals surface area contributed by atoms with Crippen LogP contribution in [0.1, 0.15) is 45.1 Å². The van der Waals surface area contributed by atoms with Gasteiger partial charge in [-0.2, -0.15) is 4.31 Å². The van der Waals surface area contributed by atoms with Crippen molar-refractivity contribution in [2.45, 2.75) is 44.4 Å². The summed E-state index contributed by atoms with van der Waals surface area (Å²) in [5, 5.41) is 0. The number of nitrogens with zero attached hydrogens (tertiary/aromatic N) is 2. The van der Waals surface area contributed by atoms with Crippen LogP contribution in [0.2, 0.25) is 0 Å². The third-order valence-corrected chi connectivity index (χ3v) is 7.77. The third-order valence-electron chi connectivity index (χ3n) is 5.85. The molecule has 7 heteroatoms. The zero-order valence-electron chi connectivity index (χ0n) is 16.5. The second-order valence-corrected chi connectivity index (χ2v) is 10.1. The Kier molecular flexibility index (Phi) is 5.93. The topological polar surface area (TPSA) is 66.9 Å². The molecule has 27 heavy (non-hydrogen) atoms. The molecule has 6 nitrogen and oxygen atoms in total. The highest BCUT2D eigenvalue weighted by atomic mass is 32.2. The van der Waals surface area contributed by atoms with Gasteiger partial charge >= 0.3 is 0 Å². The Bertz CT molecular complexity index is 766. The number of piperidine rings is 1. The molecule has 150 valence electrons. The van der Waals surface area contributed by atoms with Crippen LogP contribution in [-0.2, 0) is 19.6 Å². The number of carbonyl (C=O) groups excluding carboxylic acids is 1. The lowest BCUT2D eigenvalue weighted by atomic mass is 9.79. The van der Waals surface area contributed by atoms with Gasteiger partial charge in [0.25, 0.3) is 0 Å². The molecular formula is C20H30N2O4S. The molecule has 2 fully saturated rings. The summed E-state index contributed by atoms with van der Waals surface area (Å²) in [4.78, 5) is 14.0. The Balaban J connectivity index is 1.71. The highest BCUT2D eigenvalue weighted by Gasteiger charge is 2.41. The van der Waals surface area contributed by atoms with E-state index in [4.69, 9.17) is 4.74 Å². The number of benzene rings is 1. The first kappa shape index (κ1) is 20.3. The molecule has 0 bridgehead atoms. The van der Waals surface area contributed by atoms with Crippen molar-refractivity contribution in [2.24, 2.45) is 5.41 Å². The van der Waals surface area contributed by atoms with Crippen LogP contribution in [0.4, 0.5) is 0 Å². The first-order chi connectivity index (χ1) is 12.7. The van der Waals surface area contributed by atoms with E-state index in [1.54, 1.807) is 23.4 Å². The SMILES string of the molecule is CC(=O)N1CCOCC2(CCN(S(=O)(=O)c3ccc(C(C)C)cc3)CC2)C1. The molecule has 0 radical (unpaired) electrons. The van der Waals surface area contributed by atoms with Gasteiger partial charge in [-0.15, -0.1) is 0 Å². The van der Waals surface area contributed by atoms with E-state index in [1.165, 1.54) is 0 Å². The monoisotopic (exact) mass is 394 g/mol. The molecule has 2 saturated heterocycles. The van der Waals surface area contributed by atoms with Gasteiger partial charge in [-0.3, -0.25) is 4.79 Å². The molecule has 2 heterocycles. The van der Waals surface area contributed by atoms with Gasteiger partial charge in [-0.1, -0.05) is 26.0 Å². The summed E-state index contributed by atoms with van der Waals surface area (Å²) in [7, 11) is -3.49. The van der Waals surface area contributed by atoms with Gasteiger partial charge in [0.1, 0.15) is 0 Å². The van der Waals surface area contributed by atoms with Crippen LogP contribution in [0, 0.1) is 5.41 Å². The van der Waals surface area contributed by atoms with Gasteiger partial charge in [0.2, 0.25) is 15.9 Å². The van der Waals surface area contributed by atoms with Crippen LogP contribution in [0.5, 0.6) is 0 Å². The van der Waals surface area contributed by atoms with Crippen molar-refractivity contribution in [1.29, 1.82) is 0 Å². The van der Waals surface area contributed by atoms with Crippen LogP contribution in [0.3, 0.4) is 0 Å². The van der Waals surface area contributed by atoms with Crippen molar-refractivity contribution in [3.05, 3.63) is 29.8 Å². The largest absolute Gasteiger partial charge is 0.379 e. The zero-order chi connectivity index (χ0) is 19.7. The van der Waals surface area contributed by atoms with Crippen LogP contribution in [0.15, 0.2) is 29.2 Å². The summed E-state index contributed by atoms with van der Waals surface area (Å²) < 4.78 is 33.3. The second-order valence-electron chi connectivity index (χ2n) is 8.12. The average molecular weight is 395 g/mol. The van der Waals surface area contributed by atoms with Gasteiger partial charge in [-0.25, -0.2) is 8.42 Å². The fraction of sp³-hybridized carbons (Fsp3) is 0.650. The number of sulfonamides is 1. The van der Waals surface area contributed by atoms with Crippen LogP contribution in [0.25, 0.3) is 0 Å². The molecule has 0 aliphatic carbocycles. The molecule has 1 amide bonds. The number of rotatable bonds is 3. The van der Waals surface area contributed by atoms with Crippen molar-refractivity contribution in [1.82, 2.24) is 9.21 Å². The maximum absolute atomic E-state index is 13.0. The van der Waals surface area contributed by atoms with Crippen molar-refractivity contribution in [2.75, 3.05) is 39.4 Å². The molecular weight excluding hydrogens is 364 g/mol. The summed E-state index contributed by atoms with van der Waals surface area (Å²) in [5.41, 5.74) is 0.988. The van der Waals surface area contributed by atoms with Gasteiger partial charge in [0, 0.05) is 38.5 Å². The lowest BCUT2D eigenvalue weighted by Gasteiger charge is -2.41. The van der Waals surface area contributed by atoms with Crippen molar-refractivity contribution in [3.63, 3.8) is 0 Å². The number of carbonyl (C=O) groups is 1. The molecule has 2 aliphatic rings.